The van der Waals surface area contributed by atoms with Gasteiger partial charge in [0, 0.05) is 31.0 Å². The van der Waals surface area contributed by atoms with Gasteiger partial charge in [-0.2, -0.15) is 0 Å². The average Bonchev–Trinajstić information content (AvgIpc) is 3.33. The number of fused-ring (bicyclic) bond motifs is 2. The highest BCUT2D eigenvalue weighted by atomic mass is 16.2. The van der Waals surface area contributed by atoms with Crippen molar-refractivity contribution in [2.45, 2.75) is 32.0 Å². The summed E-state index contributed by atoms with van der Waals surface area (Å²) in [5.74, 6) is -0.303. The molecule has 5 rings (SSSR count). The summed E-state index contributed by atoms with van der Waals surface area (Å²) in [6.07, 6.45) is 4.93. The van der Waals surface area contributed by atoms with Gasteiger partial charge < -0.3 is 15.1 Å². The number of benzene rings is 2. The highest BCUT2D eigenvalue weighted by Crippen LogP contribution is 2.33. The van der Waals surface area contributed by atoms with E-state index in [0.717, 1.165) is 17.5 Å². The molecular formula is C26H24N4O3. The zero-order valence-corrected chi connectivity index (χ0v) is 18.1. The standard InChI is InChI=1S/C26H24N4O3/c31-24(28-16-19-5-3-13-27-15-19)20-11-9-18(10-12-20)17-30-22-7-2-1-6-21(22)25(32)29-14-4-8-23(29)26(30)33/h1-3,5-7,9-13,15,23H,4,8,14,16-17H2,(H,28,31)/t23-/m1/s1. The Kier molecular flexibility index (Phi) is 5.60. The summed E-state index contributed by atoms with van der Waals surface area (Å²) in [6, 6.07) is 17.8. The van der Waals surface area contributed by atoms with Crippen LogP contribution in [0.3, 0.4) is 0 Å². The van der Waals surface area contributed by atoms with E-state index in [9.17, 15) is 14.4 Å². The summed E-state index contributed by atoms with van der Waals surface area (Å²) in [6.45, 7) is 1.35. The lowest BCUT2D eigenvalue weighted by atomic mass is 10.1. The highest BCUT2D eigenvalue weighted by molar-refractivity contribution is 6.11. The lowest BCUT2D eigenvalue weighted by Gasteiger charge is -2.26. The summed E-state index contributed by atoms with van der Waals surface area (Å²) in [5, 5.41) is 2.89. The first-order valence-electron chi connectivity index (χ1n) is 11.1. The van der Waals surface area contributed by atoms with Gasteiger partial charge in [0.25, 0.3) is 11.8 Å². The lowest BCUT2D eigenvalue weighted by Crippen LogP contribution is -2.44. The fourth-order valence-electron chi connectivity index (χ4n) is 4.50. The Labute approximate surface area is 192 Å². The third-order valence-electron chi connectivity index (χ3n) is 6.22. The van der Waals surface area contributed by atoms with E-state index in [4.69, 9.17) is 0 Å². The molecule has 2 aliphatic rings. The number of aromatic nitrogens is 1. The molecule has 1 aromatic heterocycles. The van der Waals surface area contributed by atoms with Crippen LogP contribution < -0.4 is 10.2 Å². The highest BCUT2D eigenvalue weighted by Gasteiger charge is 2.41. The van der Waals surface area contributed by atoms with E-state index >= 15 is 0 Å². The molecule has 166 valence electrons. The van der Waals surface area contributed by atoms with Crippen molar-refractivity contribution in [3.8, 4) is 0 Å². The number of anilines is 1. The van der Waals surface area contributed by atoms with Crippen molar-refractivity contribution in [1.82, 2.24) is 15.2 Å². The molecule has 33 heavy (non-hydrogen) atoms. The van der Waals surface area contributed by atoms with Gasteiger partial charge in [0.15, 0.2) is 0 Å². The maximum Gasteiger partial charge on any atom is 0.256 e. The minimum atomic E-state index is -0.414. The van der Waals surface area contributed by atoms with Crippen LogP contribution in [0.15, 0.2) is 73.1 Å². The first-order chi connectivity index (χ1) is 16.1. The zero-order valence-electron chi connectivity index (χ0n) is 18.1. The number of carbonyl (C=O) groups excluding carboxylic acids is 3. The molecule has 0 unspecified atom stereocenters. The molecule has 0 spiro atoms. The third kappa shape index (κ3) is 4.09. The molecule has 1 N–H and O–H groups in total. The number of rotatable bonds is 5. The van der Waals surface area contributed by atoms with Crippen molar-refractivity contribution in [2.24, 2.45) is 0 Å². The van der Waals surface area contributed by atoms with Crippen molar-refractivity contribution in [2.75, 3.05) is 11.4 Å². The van der Waals surface area contributed by atoms with Crippen LogP contribution in [0.4, 0.5) is 5.69 Å². The molecule has 0 saturated carbocycles. The van der Waals surface area contributed by atoms with Gasteiger partial charge in [0.2, 0.25) is 5.91 Å². The van der Waals surface area contributed by atoms with Gasteiger partial charge in [0.1, 0.15) is 6.04 Å². The number of nitrogens with one attached hydrogen (secondary N) is 1. The van der Waals surface area contributed by atoms with E-state index < -0.39 is 6.04 Å². The average molecular weight is 441 g/mol. The lowest BCUT2D eigenvalue weighted by molar-refractivity contribution is -0.122. The summed E-state index contributed by atoms with van der Waals surface area (Å²) in [5.41, 5.74) is 3.56. The topological polar surface area (TPSA) is 82.6 Å². The Morgan fingerprint density at radius 1 is 1.00 bits per heavy atom. The van der Waals surface area contributed by atoms with Gasteiger partial charge in [-0.15, -0.1) is 0 Å². The number of pyridine rings is 1. The Bertz CT molecular complexity index is 1190. The number of hydrogen-bond acceptors (Lipinski definition) is 4. The van der Waals surface area contributed by atoms with Crippen LogP contribution in [-0.4, -0.2) is 40.2 Å². The fraction of sp³-hybridized carbons (Fsp3) is 0.231. The molecule has 2 aliphatic heterocycles. The molecular weight excluding hydrogens is 416 g/mol. The van der Waals surface area contributed by atoms with Crippen molar-refractivity contribution in [1.29, 1.82) is 0 Å². The molecule has 7 nitrogen and oxygen atoms in total. The minimum absolute atomic E-state index is 0.0518. The van der Waals surface area contributed by atoms with Gasteiger partial charge in [-0.25, -0.2) is 0 Å². The van der Waals surface area contributed by atoms with Crippen LogP contribution in [0.25, 0.3) is 0 Å². The Morgan fingerprint density at radius 2 is 1.82 bits per heavy atom. The maximum absolute atomic E-state index is 13.4. The number of amides is 3. The van der Waals surface area contributed by atoms with Crippen LogP contribution in [-0.2, 0) is 17.9 Å². The molecule has 0 bridgehead atoms. The predicted octanol–water partition coefficient (Wildman–Crippen LogP) is 3.16. The second-order valence-electron chi connectivity index (χ2n) is 8.34. The normalized spacial score (nSPS) is 17.4. The molecule has 3 aromatic rings. The molecule has 1 atom stereocenters. The predicted molar refractivity (Wildman–Crippen MR) is 124 cm³/mol. The summed E-state index contributed by atoms with van der Waals surface area (Å²) in [4.78, 5) is 46.4. The summed E-state index contributed by atoms with van der Waals surface area (Å²) < 4.78 is 0. The Balaban J connectivity index is 1.34. The number of para-hydroxylation sites is 1. The van der Waals surface area contributed by atoms with E-state index in [-0.39, 0.29) is 17.7 Å². The molecule has 1 saturated heterocycles. The first-order valence-corrected chi connectivity index (χ1v) is 11.1. The monoisotopic (exact) mass is 440 g/mol. The van der Waals surface area contributed by atoms with E-state index in [1.165, 1.54) is 0 Å². The number of nitrogens with zero attached hydrogens (tertiary/aromatic N) is 3. The van der Waals surface area contributed by atoms with E-state index in [0.29, 0.717) is 42.9 Å². The quantitative estimate of drug-likeness (QED) is 0.661. The smallest absolute Gasteiger partial charge is 0.256 e. The second kappa shape index (κ2) is 8.86. The van der Waals surface area contributed by atoms with Crippen molar-refractivity contribution in [3.05, 3.63) is 95.3 Å². The van der Waals surface area contributed by atoms with E-state index in [1.807, 2.05) is 42.5 Å². The van der Waals surface area contributed by atoms with Crippen molar-refractivity contribution >= 4 is 23.4 Å². The Morgan fingerprint density at radius 3 is 2.61 bits per heavy atom. The van der Waals surface area contributed by atoms with Gasteiger partial charge >= 0.3 is 0 Å². The molecule has 0 aliphatic carbocycles. The zero-order chi connectivity index (χ0) is 22.8. The minimum Gasteiger partial charge on any atom is -0.348 e. The van der Waals surface area contributed by atoms with Crippen LogP contribution in [0, 0.1) is 0 Å². The van der Waals surface area contributed by atoms with Gasteiger partial charge in [-0.3, -0.25) is 19.4 Å². The van der Waals surface area contributed by atoms with E-state index in [1.54, 1.807) is 40.4 Å². The molecule has 0 radical (unpaired) electrons. The molecule has 1 fully saturated rings. The number of hydrogen-bond donors (Lipinski definition) is 1. The SMILES string of the molecule is O=C(NCc1cccnc1)c1ccc(CN2C(=O)[C@H]3CCCN3C(=O)c3ccccc32)cc1. The summed E-state index contributed by atoms with van der Waals surface area (Å²) in [7, 11) is 0. The van der Waals surface area contributed by atoms with E-state index in [2.05, 4.69) is 10.3 Å². The fourth-order valence-corrected chi connectivity index (χ4v) is 4.50. The van der Waals surface area contributed by atoms with Crippen LogP contribution >= 0.6 is 0 Å². The molecule has 3 heterocycles. The van der Waals surface area contributed by atoms with Crippen molar-refractivity contribution < 1.29 is 14.4 Å². The molecule has 7 heteroatoms. The van der Waals surface area contributed by atoms with Crippen LogP contribution in [0.2, 0.25) is 0 Å². The molecule has 2 aromatic carbocycles. The summed E-state index contributed by atoms with van der Waals surface area (Å²) >= 11 is 0. The Hall–Kier alpha value is -4.00. The second-order valence-corrected chi connectivity index (χ2v) is 8.34. The van der Waals surface area contributed by atoms with Crippen molar-refractivity contribution in [3.63, 3.8) is 0 Å². The third-order valence-corrected chi connectivity index (χ3v) is 6.22. The van der Waals surface area contributed by atoms with Crippen LogP contribution in [0.5, 0.6) is 0 Å². The largest absolute Gasteiger partial charge is 0.348 e. The van der Waals surface area contributed by atoms with Gasteiger partial charge in [-0.05, 0) is 54.3 Å². The van der Waals surface area contributed by atoms with Gasteiger partial charge in [-0.1, -0.05) is 30.3 Å². The number of carbonyl (C=O) groups is 3. The molecule has 3 amide bonds. The van der Waals surface area contributed by atoms with Crippen LogP contribution in [0.1, 0.15) is 44.7 Å². The first kappa shape index (κ1) is 20.9. The van der Waals surface area contributed by atoms with Gasteiger partial charge in [0.05, 0.1) is 17.8 Å². The maximum atomic E-state index is 13.4.